The van der Waals surface area contributed by atoms with E-state index < -0.39 is 0 Å². The van der Waals surface area contributed by atoms with E-state index in [1.54, 1.807) is 6.20 Å². The maximum Gasteiger partial charge on any atom is 0.180 e. The second kappa shape index (κ2) is 5.64. The molecule has 0 radical (unpaired) electrons. The van der Waals surface area contributed by atoms with Crippen molar-refractivity contribution in [2.45, 2.75) is 12.8 Å². The fourth-order valence-electron chi connectivity index (χ4n) is 2.64. The van der Waals surface area contributed by atoms with Crippen LogP contribution in [0.2, 0.25) is 0 Å². The quantitative estimate of drug-likeness (QED) is 0.637. The van der Waals surface area contributed by atoms with Crippen molar-refractivity contribution in [3.05, 3.63) is 18.6 Å². The fourth-order valence-corrected chi connectivity index (χ4v) is 2.64. The van der Waals surface area contributed by atoms with Crippen LogP contribution in [-0.4, -0.2) is 41.2 Å². The molecule has 0 spiro atoms. The molecular weight excluding hydrogens is 256 g/mol. The number of hydrogen-bond donors (Lipinski definition) is 2. The van der Waals surface area contributed by atoms with Crippen LogP contribution in [0.25, 0.3) is 5.65 Å². The largest absolute Gasteiger partial charge is 0.381 e. The number of fused-ring (bicyclic) bond motifs is 1. The molecule has 1 fully saturated rings. The third kappa shape index (κ3) is 2.54. The molecule has 7 heteroatoms. The Morgan fingerprint density at radius 1 is 1.50 bits per heavy atom. The Labute approximate surface area is 117 Å². The van der Waals surface area contributed by atoms with Gasteiger partial charge in [0.15, 0.2) is 17.3 Å². The number of imidazole rings is 1. The zero-order valence-corrected chi connectivity index (χ0v) is 11.6. The number of anilines is 2. The highest BCUT2D eigenvalue weighted by Crippen LogP contribution is 2.23. The van der Waals surface area contributed by atoms with Gasteiger partial charge in [-0.25, -0.2) is 15.8 Å². The van der Waals surface area contributed by atoms with Gasteiger partial charge in [-0.05, 0) is 18.8 Å². The standard InChI is InChI=1S/C13H20N6O/c1-18(8-10-2-6-20-7-3-10)13-12-15-4-5-19(12)9-11(16-13)17-14/h4-5,9-10,17H,2-3,6-8,14H2,1H3. The molecule has 0 bridgehead atoms. The molecule has 1 aliphatic rings. The van der Waals surface area contributed by atoms with Gasteiger partial charge >= 0.3 is 0 Å². The minimum atomic E-state index is 0.629. The van der Waals surface area contributed by atoms with Gasteiger partial charge in [-0.3, -0.25) is 0 Å². The van der Waals surface area contributed by atoms with Crippen LogP contribution in [0.15, 0.2) is 18.6 Å². The van der Waals surface area contributed by atoms with Crippen LogP contribution in [0.3, 0.4) is 0 Å². The molecule has 2 aromatic rings. The van der Waals surface area contributed by atoms with E-state index in [4.69, 9.17) is 10.6 Å². The Balaban J connectivity index is 1.85. The molecule has 0 aliphatic carbocycles. The van der Waals surface area contributed by atoms with Gasteiger partial charge < -0.3 is 19.5 Å². The molecule has 0 amide bonds. The second-order valence-corrected chi connectivity index (χ2v) is 5.19. The van der Waals surface area contributed by atoms with Gasteiger partial charge in [0.2, 0.25) is 0 Å². The van der Waals surface area contributed by atoms with E-state index in [0.29, 0.717) is 11.7 Å². The van der Waals surface area contributed by atoms with Crippen molar-refractivity contribution in [3.63, 3.8) is 0 Å². The number of hydrogen-bond acceptors (Lipinski definition) is 6. The predicted octanol–water partition coefficient (Wildman–Crippen LogP) is 0.878. The van der Waals surface area contributed by atoms with E-state index in [9.17, 15) is 0 Å². The van der Waals surface area contributed by atoms with E-state index in [2.05, 4.69) is 20.3 Å². The molecule has 1 saturated heterocycles. The monoisotopic (exact) mass is 276 g/mol. The van der Waals surface area contributed by atoms with Crippen molar-refractivity contribution in [3.8, 4) is 0 Å². The summed E-state index contributed by atoms with van der Waals surface area (Å²) in [6.45, 7) is 2.66. The average Bonchev–Trinajstić information content (AvgIpc) is 2.95. The summed E-state index contributed by atoms with van der Waals surface area (Å²) >= 11 is 0. The van der Waals surface area contributed by atoms with E-state index >= 15 is 0 Å². The van der Waals surface area contributed by atoms with E-state index in [1.807, 2.05) is 23.8 Å². The molecule has 0 saturated carbocycles. The highest BCUT2D eigenvalue weighted by molar-refractivity contribution is 5.66. The first-order valence-electron chi connectivity index (χ1n) is 6.87. The average molecular weight is 276 g/mol. The summed E-state index contributed by atoms with van der Waals surface area (Å²) < 4.78 is 7.33. The molecule has 0 aromatic carbocycles. The van der Waals surface area contributed by atoms with Gasteiger partial charge in [0.1, 0.15) is 0 Å². The molecule has 7 nitrogen and oxygen atoms in total. The minimum Gasteiger partial charge on any atom is -0.381 e. The summed E-state index contributed by atoms with van der Waals surface area (Å²) in [6, 6.07) is 0. The fraction of sp³-hybridized carbons (Fsp3) is 0.538. The molecule has 3 N–H and O–H groups in total. The lowest BCUT2D eigenvalue weighted by Gasteiger charge is -2.28. The van der Waals surface area contributed by atoms with Gasteiger partial charge in [0.05, 0.1) is 6.20 Å². The second-order valence-electron chi connectivity index (χ2n) is 5.19. The summed E-state index contributed by atoms with van der Waals surface area (Å²) in [5.74, 6) is 7.59. The third-order valence-electron chi connectivity index (χ3n) is 3.74. The van der Waals surface area contributed by atoms with Gasteiger partial charge in [-0.15, -0.1) is 0 Å². The third-order valence-corrected chi connectivity index (χ3v) is 3.74. The number of ether oxygens (including phenoxy) is 1. The van der Waals surface area contributed by atoms with Crippen LogP contribution in [-0.2, 0) is 4.74 Å². The Morgan fingerprint density at radius 3 is 3.05 bits per heavy atom. The number of hydrazine groups is 1. The van der Waals surface area contributed by atoms with Crippen molar-refractivity contribution in [1.29, 1.82) is 0 Å². The van der Waals surface area contributed by atoms with Gasteiger partial charge in [0, 0.05) is 39.2 Å². The molecule has 2 aromatic heterocycles. The van der Waals surface area contributed by atoms with Crippen molar-refractivity contribution >= 4 is 17.3 Å². The zero-order chi connectivity index (χ0) is 13.9. The highest BCUT2D eigenvalue weighted by atomic mass is 16.5. The highest BCUT2D eigenvalue weighted by Gasteiger charge is 2.19. The Hall–Kier alpha value is -1.86. The summed E-state index contributed by atoms with van der Waals surface area (Å²) in [7, 11) is 2.05. The lowest BCUT2D eigenvalue weighted by atomic mass is 10.00. The number of nitrogens with two attached hydrogens (primary N) is 1. The number of nitrogens with zero attached hydrogens (tertiary/aromatic N) is 4. The summed E-state index contributed by atoms with van der Waals surface area (Å²) in [5, 5.41) is 0. The SMILES string of the molecule is CN(CC1CCOCC1)c1nc(NN)cn2ccnc12. The van der Waals surface area contributed by atoms with Crippen LogP contribution in [0.4, 0.5) is 11.6 Å². The number of nitrogen functional groups attached to an aromatic ring is 1. The van der Waals surface area contributed by atoms with Crippen LogP contribution >= 0.6 is 0 Å². The first-order valence-corrected chi connectivity index (χ1v) is 6.87. The van der Waals surface area contributed by atoms with Crippen LogP contribution in [0.5, 0.6) is 0 Å². The van der Waals surface area contributed by atoms with E-state index in [1.165, 1.54) is 0 Å². The van der Waals surface area contributed by atoms with Gasteiger partial charge in [-0.2, -0.15) is 0 Å². The molecule has 3 heterocycles. The van der Waals surface area contributed by atoms with Crippen molar-refractivity contribution in [2.75, 3.05) is 37.1 Å². The Bertz CT molecular complexity index is 577. The molecule has 108 valence electrons. The number of aromatic nitrogens is 3. The first-order chi connectivity index (χ1) is 9.78. The first kappa shape index (κ1) is 13.1. The summed E-state index contributed by atoms with van der Waals surface area (Å²) in [6.07, 6.45) is 7.69. The number of nitrogens with one attached hydrogen (secondary N) is 1. The molecule has 20 heavy (non-hydrogen) atoms. The molecule has 0 atom stereocenters. The maximum atomic E-state index is 5.48. The smallest absolute Gasteiger partial charge is 0.180 e. The van der Waals surface area contributed by atoms with Gasteiger partial charge in [-0.1, -0.05) is 0 Å². The Morgan fingerprint density at radius 2 is 2.30 bits per heavy atom. The van der Waals surface area contributed by atoms with Crippen molar-refractivity contribution in [1.82, 2.24) is 14.4 Å². The van der Waals surface area contributed by atoms with Crippen LogP contribution in [0.1, 0.15) is 12.8 Å². The van der Waals surface area contributed by atoms with Crippen LogP contribution in [0, 0.1) is 5.92 Å². The number of rotatable bonds is 4. The van der Waals surface area contributed by atoms with Crippen molar-refractivity contribution in [2.24, 2.45) is 11.8 Å². The molecule has 1 aliphatic heterocycles. The van der Waals surface area contributed by atoms with Gasteiger partial charge in [0.25, 0.3) is 0 Å². The normalized spacial score (nSPS) is 16.5. The van der Waals surface area contributed by atoms with Crippen molar-refractivity contribution < 1.29 is 4.74 Å². The maximum absolute atomic E-state index is 5.48. The zero-order valence-electron chi connectivity index (χ0n) is 11.6. The van der Waals surface area contributed by atoms with E-state index in [0.717, 1.165) is 44.1 Å². The molecule has 3 rings (SSSR count). The van der Waals surface area contributed by atoms with Crippen LogP contribution < -0.4 is 16.2 Å². The minimum absolute atomic E-state index is 0.629. The summed E-state index contributed by atoms with van der Waals surface area (Å²) in [5.41, 5.74) is 3.45. The predicted molar refractivity (Wildman–Crippen MR) is 77.6 cm³/mol. The molecular formula is C13H20N6O. The summed E-state index contributed by atoms with van der Waals surface area (Å²) in [4.78, 5) is 11.1. The topological polar surface area (TPSA) is 80.7 Å². The van der Waals surface area contributed by atoms with E-state index in [-0.39, 0.29) is 0 Å². The lowest BCUT2D eigenvalue weighted by molar-refractivity contribution is 0.0685. The lowest BCUT2D eigenvalue weighted by Crippen LogP contribution is -2.30. The Kier molecular flexibility index (Phi) is 3.70. The molecule has 0 unspecified atom stereocenters.